The summed E-state index contributed by atoms with van der Waals surface area (Å²) in [5, 5.41) is 12.7. The lowest BCUT2D eigenvalue weighted by atomic mass is 10.1. The molecule has 4 nitrogen and oxygen atoms in total. The van der Waals surface area contributed by atoms with Crippen LogP contribution in [0.4, 0.5) is 0 Å². The van der Waals surface area contributed by atoms with Crippen LogP contribution in [0.15, 0.2) is 24.3 Å². The molecular formula is C13H14ClN3O. The molecule has 18 heavy (non-hydrogen) atoms. The fourth-order valence-corrected chi connectivity index (χ4v) is 2.23. The standard InChI is InChI=1S/C13H14ClN3O/c14-12-4-2-1-3-10(12)7-13(18)17-6-5-16-9-11(17)8-15/h1-4,11,16H,5-7,9H2. The summed E-state index contributed by atoms with van der Waals surface area (Å²) in [5.74, 6) is -0.0452. The number of nitrogens with zero attached hydrogens (tertiary/aromatic N) is 2. The van der Waals surface area contributed by atoms with Gasteiger partial charge in [0.15, 0.2) is 0 Å². The van der Waals surface area contributed by atoms with Gasteiger partial charge >= 0.3 is 0 Å². The number of halogens is 1. The monoisotopic (exact) mass is 263 g/mol. The molecule has 1 amide bonds. The van der Waals surface area contributed by atoms with Crippen LogP contribution in [0.3, 0.4) is 0 Å². The molecule has 0 spiro atoms. The lowest BCUT2D eigenvalue weighted by Crippen LogP contribution is -2.53. The molecule has 1 heterocycles. The highest BCUT2D eigenvalue weighted by Crippen LogP contribution is 2.17. The van der Waals surface area contributed by atoms with Crippen LogP contribution in [-0.2, 0) is 11.2 Å². The maximum Gasteiger partial charge on any atom is 0.228 e. The number of carbonyl (C=O) groups is 1. The van der Waals surface area contributed by atoms with Crippen LogP contribution < -0.4 is 5.32 Å². The molecule has 0 bridgehead atoms. The first kappa shape index (κ1) is 12.9. The third-order valence-corrected chi connectivity index (χ3v) is 3.38. The minimum absolute atomic E-state index is 0.0452. The summed E-state index contributed by atoms with van der Waals surface area (Å²) in [6.45, 7) is 1.83. The first-order valence-electron chi connectivity index (χ1n) is 5.85. The van der Waals surface area contributed by atoms with Gasteiger partial charge in [-0.3, -0.25) is 4.79 Å². The summed E-state index contributed by atoms with van der Waals surface area (Å²) in [6.07, 6.45) is 0.248. The largest absolute Gasteiger partial charge is 0.324 e. The highest BCUT2D eigenvalue weighted by molar-refractivity contribution is 6.31. The molecule has 2 rings (SSSR count). The number of benzene rings is 1. The Bertz CT molecular complexity index is 483. The van der Waals surface area contributed by atoms with Crippen LogP contribution in [0.1, 0.15) is 5.56 Å². The van der Waals surface area contributed by atoms with E-state index in [-0.39, 0.29) is 18.4 Å². The summed E-state index contributed by atoms with van der Waals surface area (Å²) >= 11 is 6.03. The molecule has 1 aliphatic heterocycles. The van der Waals surface area contributed by atoms with E-state index in [1.54, 1.807) is 11.0 Å². The first-order valence-corrected chi connectivity index (χ1v) is 6.23. The lowest BCUT2D eigenvalue weighted by Gasteiger charge is -2.32. The lowest BCUT2D eigenvalue weighted by molar-refractivity contribution is -0.132. The number of nitrogens with one attached hydrogen (secondary N) is 1. The predicted octanol–water partition coefficient (Wildman–Crippen LogP) is 1.21. The minimum atomic E-state index is -0.381. The molecule has 1 aromatic rings. The van der Waals surface area contributed by atoms with Crippen LogP contribution in [0.2, 0.25) is 5.02 Å². The van der Waals surface area contributed by atoms with Crippen LogP contribution in [0.25, 0.3) is 0 Å². The van der Waals surface area contributed by atoms with Gasteiger partial charge < -0.3 is 10.2 Å². The maximum absolute atomic E-state index is 12.2. The Morgan fingerprint density at radius 3 is 3.06 bits per heavy atom. The fourth-order valence-electron chi connectivity index (χ4n) is 2.02. The van der Waals surface area contributed by atoms with Gasteiger partial charge in [0.1, 0.15) is 6.04 Å². The summed E-state index contributed by atoms with van der Waals surface area (Å²) < 4.78 is 0. The molecule has 0 aliphatic carbocycles. The number of hydrogen-bond donors (Lipinski definition) is 1. The Hall–Kier alpha value is -1.57. The Kier molecular flexibility index (Phi) is 4.19. The van der Waals surface area contributed by atoms with Crippen molar-refractivity contribution in [1.29, 1.82) is 5.26 Å². The van der Waals surface area contributed by atoms with E-state index in [0.717, 1.165) is 12.1 Å². The van der Waals surface area contributed by atoms with Gasteiger partial charge in [0.2, 0.25) is 5.91 Å². The third kappa shape index (κ3) is 2.81. The van der Waals surface area contributed by atoms with Crippen LogP contribution in [0.5, 0.6) is 0 Å². The molecule has 0 saturated carbocycles. The quantitative estimate of drug-likeness (QED) is 0.873. The van der Waals surface area contributed by atoms with Crippen LogP contribution in [-0.4, -0.2) is 36.5 Å². The summed E-state index contributed by atoms with van der Waals surface area (Å²) in [5.41, 5.74) is 0.805. The normalized spacial score (nSPS) is 19.3. The van der Waals surface area contributed by atoms with Crippen molar-refractivity contribution in [3.05, 3.63) is 34.9 Å². The molecule has 1 N–H and O–H groups in total. The van der Waals surface area contributed by atoms with Gasteiger partial charge in [0.05, 0.1) is 12.5 Å². The van der Waals surface area contributed by atoms with Crippen molar-refractivity contribution >= 4 is 17.5 Å². The Balaban J connectivity index is 2.08. The second-order valence-electron chi connectivity index (χ2n) is 4.20. The second kappa shape index (κ2) is 5.85. The van der Waals surface area contributed by atoms with E-state index in [0.29, 0.717) is 18.1 Å². The van der Waals surface area contributed by atoms with E-state index in [1.807, 2.05) is 18.2 Å². The van der Waals surface area contributed by atoms with E-state index >= 15 is 0 Å². The van der Waals surface area contributed by atoms with E-state index in [1.165, 1.54) is 0 Å². The summed E-state index contributed by atoms with van der Waals surface area (Å²) in [6, 6.07) is 9.06. The Labute approximate surface area is 111 Å². The van der Waals surface area contributed by atoms with Gasteiger partial charge in [-0.1, -0.05) is 29.8 Å². The molecule has 0 aromatic heterocycles. The molecule has 1 aromatic carbocycles. The van der Waals surface area contributed by atoms with Crippen LogP contribution >= 0.6 is 11.6 Å². The highest BCUT2D eigenvalue weighted by atomic mass is 35.5. The molecule has 1 atom stereocenters. The Morgan fingerprint density at radius 1 is 1.56 bits per heavy atom. The van der Waals surface area contributed by atoms with E-state index in [4.69, 9.17) is 16.9 Å². The fraction of sp³-hybridized carbons (Fsp3) is 0.385. The number of piperazine rings is 1. The molecule has 1 saturated heterocycles. The molecule has 94 valence electrons. The average molecular weight is 264 g/mol. The molecule has 1 unspecified atom stereocenters. The third-order valence-electron chi connectivity index (χ3n) is 3.01. The van der Waals surface area contributed by atoms with Gasteiger partial charge in [-0.05, 0) is 11.6 Å². The topological polar surface area (TPSA) is 56.1 Å². The molecule has 1 fully saturated rings. The van der Waals surface area contributed by atoms with Gasteiger partial charge in [-0.15, -0.1) is 0 Å². The predicted molar refractivity (Wildman–Crippen MR) is 69.1 cm³/mol. The number of rotatable bonds is 2. The molecule has 5 heteroatoms. The smallest absolute Gasteiger partial charge is 0.228 e. The van der Waals surface area contributed by atoms with E-state index < -0.39 is 0 Å². The van der Waals surface area contributed by atoms with Crippen molar-refractivity contribution in [3.63, 3.8) is 0 Å². The van der Waals surface area contributed by atoms with E-state index in [2.05, 4.69) is 11.4 Å². The van der Waals surface area contributed by atoms with Gasteiger partial charge in [-0.25, -0.2) is 0 Å². The zero-order valence-corrected chi connectivity index (χ0v) is 10.7. The second-order valence-corrected chi connectivity index (χ2v) is 4.61. The maximum atomic E-state index is 12.2. The summed E-state index contributed by atoms with van der Waals surface area (Å²) in [4.78, 5) is 13.8. The number of amides is 1. The minimum Gasteiger partial charge on any atom is -0.324 e. The van der Waals surface area contributed by atoms with Crippen molar-refractivity contribution in [2.45, 2.75) is 12.5 Å². The zero-order valence-electron chi connectivity index (χ0n) is 9.90. The van der Waals surface area contributed by atoms with Crippen molar-refractivity contribution < 1.29 is 4.79 Å². The summed E-state index contributed by atoms with van der Waals surface area (Å²) in [7, 11) is 0. The SMILES string of the molecule is N#CC1CNCCN1C(=O)Cc1ccccc1Cl. The molecular weight excluding hydrogens is 250 g/mol. The first-order chi connectivity index (χ1) is 8.72. The average Bonchev–Trinajstić information content (AvgIpc) is 2.41. The van der Waals surface area contributed by atoms with Crippen molar-refractivity contribution in [2.24, 2.45) is 0 Å². The van der Waals surface area contributed by atoms with Crippen molar-refractivity contribution in [1.82, 2.24) is 10.2 Å². The number of nitriles is 1. The van der Waals surface area contributed by atoms with E-state index in [9.17, 15) is 4.79 Å². The number of carbonyl (C=O) groups excluding carboxylic acids is 1. The highest BCUT2D eigenvalue weighted by Gasteiger charge is 2.26. The van der Waals surface area contributed by atoms with Gasteiger partial charge in [0.25, 0.3) is 0 Å². The number of hydrogen-bond acceptors (Lipinski definition) is 3. The van der Waals surface area contributed by atoms with Crippen molar-refractivity contribution in [2.75, 3.05) is 19.6 Å². The van der Waals surface area contributed by atoms with Crippen LogP contribution in [0, 0.1) is 11.3 Å². The molecule has 1 aliphatic rings. The zero-order chi connectivity index (χ0) is 13.0. The molecule has 0 radical (unpaired) electrons. The van der Waals surface area contributed by atoms with Gasteiger partial charge in [0, 0.05) is 24.7 Å². The van der Waals surface area contributed by atoms with Gasteiger partial charge in [-0.2, -0.15) is 5.26 Å². The Morgan fingerprint density at radius 2 is 2.33 bits per heavy atom. The van der Waals surface area contributed by atoms with Crippen molar-refractivity contribution in [3.8, 4) is 6.07 Å².